The summed E-state index contributed by atoms with van der Waals surface area (Å²) in [7, 11) is -4.23. The Morgan fingerprint density at radius 2 is 1.72 bits per heavy atom. The third-order valence-electron chi connectivity index (χ3n) is 7.90. The van der Waals surface area contributed by atoms with Gasteiger partial charge in [-0.05, 0) is 99.7 Å². The molecular formula is C31H30F5NO5S. The zero-order chi connectivity index (χ0) is 31.4. The number of carbonyl (C=O) groups excluding carboxylic acids is 1. The van der Waals surface area contributed by atoms with Gasteiger partial charge in [-0.1, -0.05) is 12.1 Å². The molecule has 0 aromatic heterocycles. The quantitative estimate of drug-likeness (QED) is 0.222. The maximum atomic E-state index is 14.4. The molecule has 230 valence electrons. The second kappa shape index (κ2) is 10.8. The van der Waals surface area contributed by atoms with Gasteiger partial charge in [-0.3, -0.25) is 0 Å². The highest BCUT2D eigenvalue weighted by molar-refractivity contribution is 7.92. The average Bonchev–Trinajstić information content (AvgIpc) is 3.33. The van der Waals surface area contributed by atoms with Gasteiger partial charge in [0.25, 0.3) is 0 Å². The molecule has 1 saturated heterocycles. The van der Waals surface area contributed by atoms with Crippen molar-refractivity contribution >= 4 is 15.9 Å². The zero-order valence-electron chi connectivity index (χ0n) is 23.7. The van der Waals surface area contributed by atoms with E-state index in [1.54, 1.807) is 20.8 Å². The van der Waals surface area contributed by atoms with E-state index >= 15 is 0 Å². The van der Waals surface area contributed by atoms with E-state index in [1.807, 2.05) is 0 Å². The van der Waals surface area contributed by atoms with Crippen LogP contribution in [0.25, 0.3) is 0 Å². The first-order valence-corrected chi connectivity index (χ1v) is 15.1. The molecule has 0 unspecified atom stereocenters. The lowest BCUT2D eigenvalue weighted by Crippen LogP contribution is -2.52. The molecule has 1 fully saturated rings. The molecule has 0 N–H and O–H groups in total. The van der Waals surface area contributed by atoms with Crippen LogP contribution in [0.1, 0.15) is 55.9 Å². The maximum Gasteiger partial charge on any atom is 0.416 e. The number of carbonyl (C=O) groups is 1. The number of aryl methyl sites for hydroxylation is 1. The van der Waals surface area contributed by atoms with Crippen LogP contribution in [0.15, 0.2) is 65.6 Å². The van der Waals surface area contributed by atoms with Crippen molar-refractivity contribution in [2.45, 2.75) is 74.1 Å². The number of rotatable bonds is 5. The molecule has 43 heavy (non-hydrogen) atoms. The van der Waals surface area contributed by atoms with E-state index in [-0.39, 0.29) is 30.0 Å². The topological polar surface area (TPSA) is 72.9 Å². The molecule has 0 saturated carbocycles. The smallest absolute Gasteiger partial charge is 0.416 e. The second-order valence-corrected chi connectivity index (χ2v) is 13.9. The molecule has 0 bridgehead atoms. The molecule has 3 aromatic rings. The molecule has 3 aromatic carbocycles. The molecule has 2 aliphatic rings. The maximum absolute atomic E-state index is 14.4. The van der Waals surface area contributed by atoms with Crippen LogP contribution in [0.2, 0.25) is 0 Å². The fourth-order valence-corrected chi connectivity index (χ4v) is 8.45. The van der Waals surface area contributed by atoms with Gasteiger partial charge in [0.2, 0.25) is 0 Å². The van der Waals surface area contributed by atoms with Gasteiger partial charge in [0.1, 0.15) is 34.3 Å². The van der Waals surface area contributed by atoms with Crippen molar-refractivity contribution in [1.82, 2.24) is 4.90 Å². The van der Waals surface area contributed by atoms with E-state index < -0.39 is 67.9 Å². The van der Waals surface area contributed by atoms with Crippen molar-refractivity contribution in [1.29, 1.82) is 0 Å². The number of halogens is 5. The van der Waals surface area contributed by atoms with Crippen LogP contribution < -0.4 is 4.74 Å². The summed E-state index contributed by atoms with van der Waals surface area (Å²) in [6.45, 7) is 4.51. The molecule has 2 atom stereocenters. The lowest BCUT2D eigenvalue weighted by molar-refractivity contribution is -0.138. The second-order valence-electron chi connectivity index (χ2n) is 11.7. The monoisotopic (exact) mass is 623 g/mol. The summed E-state index contributed by atoms with van der Waals surface area (Å²) in [6, 6.07) is 10.8. The highest BCUT2D eigenvalue weighted by Gasteiger charge is 2.61. The standard InChI is InChI=1S/C31H30F5NO5S/c1-29(2,3)42-28(38)37-16-15-30(43(39,40)22-11-8-20(32)9-12-22)24-13-10-21(17-19(24)7-14-27(30)37)41-18-23-25(31(34,35)36)5-4-6-26(23)33/h4-6,8-13,17,27H,7,14-16,18H2,1-3H3/t27-,30-/m1/s1. The van der Waals surface area contributed by atoms with Gasteiger partial charge in [0, 0.05) is 12.1 Å². The Balaban J connectivity index is 1.55. The summed E-state index contributed by atoms with van der Waals surface area (Å²) >= 11 is 0. The van der Waals surface area contributed by atoms with Gasteiger partial charge < -0.3 is 14.4 Å². The van der Waals surface area contributed by atoms with Crippen molar-refractivity contribution in [3.63, 3.8) is 0 Å². The van der Waals surface area contributed by atoms with Crippen molar-refractivity contribution in [3.8, 4) is 5.75 Å². The highest BCUT2D eigenvalue weighted by atomic mass is 32.2. The Bertz CT molecular complexity index is 1650. The molecule has 1 aliphatic heterocycles. The summed E-state index contributed by atoms with van der Waals surface area (Å²) in [5, 5.41) is 0. The van der Waals surface area contributed by atoms with E-state index in [9.17, 15) is 35.2 Å². The minimum atomic E-state index is -4.78. The first kappa shape index (κ1) is 30.8. The number of nitrogens with zero attached hydrogens (tertiary/aromatic N) is 1. The first-order chi connectivity index (χ1) is 20.0. The lowest BCUT2D eigenvalue weighted by Gasteiger charge is -2.42. The molecule has 5 rings (SSSR count). The Hall–Kier alpha value is -3.67. The number of sulfone groups is 1. The van der Waals surface area contributed by atoms with Gasteiger partial charge in [-0.15, -0.1) is 0 Å². The van der Waals surface area contributed by atoms with E-state index in [1.165, 1.54) is 35.2 Å². The Morgan fingerprint density at radius 3 is 2.37 bits per heavy atom. The van der Waals surface area contributed by atoms with Crippen LogP contribution in [0.3, 0.4) is 0 Å². The zero-order valence-corrected chi connectivity index (χ0v) is 24.5. The summed E-state index contributed by atoms with van der Waals surface area (Å²) < 4.78 is 107. The number of hydrogen-bond acceptors (Lipinski definition) is 5. The molecule has 1 amide bonds. The summed E-state index contributed by atoms with van der Waals surface area (Å²) in [4.78, 5) is 14.5. The fraction of sp³-hybridized carbons (Fsp3) is 0.387. The number of likely N-dealkylation sites (tertiary alicyclic amines) is 1. The fourth-order valence-electron chi connectivity index (χ4n) is 6.08. The number of hydrogen-bond donors (Lipinski definition) is 0. The Labute approximate surface area is 246 Å². The minimum absolute atomic E-state index is 0.0357. The van der Waals surface area contributed by atoms with Crippen LogP contribution in [0.4, 0.5) is 26.7 Å². The highest BCUT2D eigenvalue weighted by Crippen LogP contribution is 2.53. The van der Waals surface area contributed by atoms with E-state index in [0.717, 1.165) is 30.3 Å². The Kier molecular flexibility index (Phi) is 7.73. The van der Waals surface area contributed by atoms with Gasteiger partial charge in [-0.25, -0.2) is 22.0 Å². The third kappa shape index (κ3) is 5.57. The number of ether oxygens (including phenoxy) is 2. The minimum Gasteiger partial charge on any atom is -0.489 e. The van der Waals surface area contributed by atoms with Crippen molar-refractivity contribution < 1.29 is 44.6 Å². The van der Waals surface area contributed by atoms with E-state index in [2.05, 4.69) is 0 Å². The molecule has 12 heteroatoms. The van der Waals surface area contributed by atoms with Gasteiger partial charge >= 0.3 is 12.3 Å². The van der Waals surface area contributed by atoms with E-state index in [4.69, 9.17) is 9.47 Å². The molecule has 1 aliphatic carbocycles. The normalized spacial score (nSPS) is 20.4. The lowest BCUT2D eigenvalue weighted by atomic mass is 9.78. The third-order valence-corrected chi connectivity index (χ3v) is 10.4. The Morgan fingerprint density at radius 1 is 1.02 bits per heavy atom. The van der Waals surface area contributed by atoms with Gasteiger partial charge in [-0.2, -0.15) is 13.2 Å². The van der Waals surface area contributed by atoms with E-state index in [0.29, 0.717) is 17.5 Å². The van der Waals surface area contributed by atoms with Crippen LogP contribution in [-0.4, -0.2) is 37.6 Å². The summed E-state index contributed by atoms with van der Waals surface area (Å²) in [6.07, 6.45) is -4.84. The van der Waals surface area contributed by atoms with Crippen LogP contribution in [-0.2, 0) is 38.5 Å². The van der Waals surface area contributed by atoms with Gasteiger partial charge in [0.15, 0.2) is 9.84 Å². The largest absolute Gasteiger partial charge is 0.489 e. The van der Waals surface area contributed by atoms with Crippen LogP contribution >= 0.6 is 0 Å². The molecular weight excluding hydrogens is 593 g/mol. The molecule has 1 heterocycles. The van der Waals surface area contributed by atoms with Crippen molar-refractivity contribution in [3.05, 3.63) is 94.6 Å². The molecule has 0 radical (unpaired) electrons. The number of alkyl halides is 3. The van der Waals surface area contributed by atoms with Crippen molar-refractivity contribution in [2.75, 3.05) is 6.54 Å². The van der Waals surface area contributed by atoms with Crippen molar-refractivity contribution in [2.24, 2.45) is 0 Å². The summed E-state index contributed by atoms with van der Waals surface area (Å²) in [5.74, 6) is -1.54. The predicted octanol–water partition coefficient (Wildman–Crippen LogP) is 7.19. The van der Waals surface area contributed by atoms with Gasteiger partial charge in [0.05, 0.1) is 16.5 Å². The SMILES string of the molecule is CC(C)(C)OC(=O)N1CC[C@@]2(S(=O)(=O)c3ccc(F)cc3)c3ccc(OCc4c(F)cccc4C(F)(F)F)cc3CC[C@@H]12. The number of fused-ring (bicyclic) bond motifs is 3. The first-order valence-electron chi connectivity index (χ1n) is 13.7. The summed E-state index contributed by atoms with van der Waals surface area (Å²) in [5.41, 5.74) is -1.64. The van der Waals surface area contributed by atoms with Crippen LogP contribution in [0, 0.1) is 11.6 Å². The predicted molar refractivity (Wildman–Crippen MR) is 147 cm³/mol. The molecule has 6 nitrogen and oxygen atoms in total. The molecule has 0 spiro atoms. The van der Waals surface area contributed by atoms with Crippen LogP contribution in [0.5, 0.6) is 5.75 Å². The number of amides is 1. The average molecular weight is 624 g/mol. The number of benzene rings is 3.